The lowest BCUT2D eigenvalue weighted by Gasteiger charge is -2.52. The van der Waals surface area contributed by atoms with Crippen LogP contribution in [-0.2, 0) is 14.3 Å². The van der Waals surface area contributed by atoms with Gasteiger partial charge in [-0.25, -0.2) is 4.79 Å². The maximum absolute atomic E-state index is 13.4. The molecule has 4 heterocycles. The van der Waals surface area contributed by atoms with E-state index < -0.39 is 29.3 Å². The Bertz CT molecular complexity index is 1290. The highest BCUT2D eigenvalue weighted by atomic mass is 32.1. The summed E-state index contributed by atoms with van der Waals surface area (Å²) >= 11 is 5.94. The monoisotopic (exact) mass is 596 g/mol. The van der Waals surface area contributed by atoms with E-state index in [9.17, 15) is 4.79 Å². The van der Waals surface area contributed by atoms with Gasteiger partial charge in [-0.1, -0.05) is 6.08 Å². The number of pyridine rings is 1. The first-order valence-corrected chi connectivity index (χ1v) is 15.4. The normalized spacial score (nSPS) is 24.4. The molecule has 1 aromatic carbocycles. The van der Waals surface area contributed by atoms with Crippen LogP contribution in [0.2, 0.25) is 0 Å². The van der Waals surface area contributed by atoms with E-state index in [0.29, 0.717) is 16.9 Å². The highest BCUT2D eigenvalue weighted by molar-refractivity contribution is 7.80. The van der Waals surface area contributed by atoms with E-state index in [2.05, 4.69) is 39.2 Å². The summed E-state index contributed by atoms with van der Waals surface area (Å²) in [6, 6.07) is 7.25. The molecule has 0 radical (unpaired) electrons. The fourth-order valence-corrected chi connectivity index (χ4v) is 6.59. The Morgan fingerprint density at radius 1 is 1.17 bits per heavy atom. The molecule has 42 heavy (non-hydrogen) atoms. The lowest BCUT2D eigenvalue weighted by atomic mass is 9.73. The van der Waals surface area contributed by atoms with Gasteiger partial charge in [-0.05, 0) is 122 Å². The van der Waals surface area contributed by atoms with Gasteiger partial charge in [0, 0.05) is 24.2 Å². The molecule has 230 valence electrons. The molecule has 7 atom stereocenters. The van der Waals surface area contributed by atoms with E-state index in [4.69, 9.17) is 26.4 Å². The van der Waals surface area contributed by atoms with E-state index >= 15 is 0 Å². The van der Waals surface area contributed by atoms with Gasteiger partial charge in [0.1, 0.15) is 11.4 Å². The molecule has 0 saturated carbocycles. The number of thiocarbonyl (C=S) groups is 1. The summed E-state index contributed by atoms with van der Waals surface area (Å²) < 4.78 is 17.6. The minimum Gasteiger partial charge on any atom is -0.497 e. The fraction of sp³-hybridized carbons (Fsp3) is 0.606. The van der Waals surface area contributed by atoms with Crippen LogP contribution in [0.25, 0.3) is 10.9 Å². The van der Waals surface area contributed by atoms with E-state index in [1.165, 1.54) is 0 Å². The molecule has 0 aliphatic carbocycles. The minimum absolute atomic E-state index is 0.158. The molecule has 2 N–H and O–H groups in total. The van der Waals surface area contributed by atoms with Gasteiger partial charge in [-0.2, -0.15) is 0 Å². The van der Waals surface area contributed by atoms with Gasteiger partial charge in [-0.3, -0.25) is 9.88 Å². The lowest BCUT2D eigenvalue weighted by molar-refractivity contribution is -0.163. The number of hydrogen-bond donors (Lipinski definition) is 2. The molecular weight excluding hydrogens is 548 g/mol. The largest absolute Gasteiger partial charge is 0.497 e. The zero-order valence-corrected chi connectivity index (χ0v) is 27.2. The number of methoxy groups -OCH3 is 1. The number of piperidine rings is 3. The third kappa shape index (κ3) is 7.79. The second-order valence-corrected chi connectivity index (χ2v) is 14.0. The van der Waals surface area contributed by atoms with E-state index in [-0.39, 0.29) is 12.1 Å². The molecule has 8 nitrogen and oxygen atoms in total. The Labute approximate surface area is 256 Å². The van der Waals surface area contributed by atoms with Crippen LogP contribution in [-0.4, -0.2) is 70.6 Å². The van der Waals surface area contributed by atoms with Gasteiger partial charge >= 0.3 is 5.97 Å². The first-order valence-electron chi connectivity index (χ1n) is 15.0. The summed E-state index contributed by atoms with van der Waals surface area (Å²) in [6.07, 6.45) is 5.64. The van der Waals surface area contributed by atoms with Crippen LogP contribution in [0.15, 0.2) is 43.1 Å². The molecule has 3 aliphatic rings. The summed E-state index contributed by atoms with van der Waals surface area (Å²) in [6.45, 7) is 19.4. The topological polar surface area (TPSA) is 85.0 Å². The molecule has 1 unspecified atom stereocenters. The Balaban J connectivity index is 1.68. The summed E-state index contributed by atoms with van der Waals surface area (Å²) in [4.78, 5) is 20.6. The van der Waals surface area contributed by atoms with Gasteiger partial charge in [0.2, 0.25) is 0 Å². The molecular formula is C33H48N4O4S. The molecule has 2 aromatic rings. The molecule has 1 aromatic heterocycles. The van der Waals surface area contributed by atoms with Crippen LogP contribution >= 0.6 is 12.2 Å². The number of rotatable bonds is 9. The maximum atomic E-state index is 13.4. The SMILES string of the molecule is C=C[C@H]1CN2CC[C@H]1C[C@H]2[C@@H](NC(=S)N[C@H](C(=O)OC(C)(C)C)[C@@H](C)OC(C)(C)C)c1ccnc2ccc(OC)cc12. The third-order valence-corrected chi connectivity index (χ3v) is 8.33. The van der Waals surface area contributed by atoms with Gasteiger partial charge in [-0.15, -0.1) is 6.58 Å². The average Bonchev–Trinajstić information content (AvgIpc) is 2.92. The van der Waals surface area contributed by atoms with Gasteiger partial charge in [0.15, 0.2) is 11.2 Å². The molecule has 3 saturated heterocycles. The van der Waals surface area contributed by atoms with Crippen molar-refractivity contribution in [3.8, 4) is 5.75 Å². The molecule has 9 heteroatoms. The van der Waals surface area contributed by atoms with Crippen LogP contribution in [0.1, 0.15) is 72.9 Å². The molecule has 0 spiro atoms. The van der Waals surface area contributed by atoms with Gasteiger partial charge in [0.05, 0.1) is 30.4 Å². The predicted octanol–water partition coefficient (Wildman–Crippen LogP) is 5.56. The van der Waals surface area contributed by atoms with Gasteiger partial charge < -0.3 is 24.8 Å². The van der Waals surface area contributed by atoms with Crippen LogP contribution < -0.4 is 15.4 Å². The number of aromatic nitrogens is 1. The number of fused-ring (bicyclic) bond motifs is 4. The second kappa shape index (κ2) is 12.9. The smallest absolute Gasteiger partial charge is 0.331 e. The van der Waals surface area contributed by atoms with Crippen molar-refractivity contribution in [2.24, 2.45) is 11.8 Å². The van der Waals surface area contributed by atoms with Crippen molar-refractivity contribution in [3.63, 3.8) is 0 Å². The molecule has 0 amide bonds. The van der Waals surface area contributed by atoms with E-state index in [0.717, 1.165) is 48.1 Å². The lowest BCUT2D eigenvalue weighted by Crippen LogP contribution is -2.60. The maximum Gasteiger partial charge on any atom is 0.331 e. The Morgan fingerprint density at radius 2 is 1.90 bits per heavy atom. The first-order chi connectivity index (χ1) is 19.7. The number of benzene rings is 1. The number of hydrogen-bond acceptors (Lipinski definition) is 7. The number of carbonyl (C=O) groups is 1. The van der Waals surface area contributed by atoms with Crippen molar-refractivity contribution in [2.75, 3.05) is 20.2 Å². The number of ether oxygens (including phenoxy) is 3. The zero-order valence-electron chi connectivity index (χ0n) is 26.4. The summed E-state index contributed by atoms with van der Waals surface area (Å²) in [5.74, 6) is 1.42. The Hall–Kier alpha value is -2.75. The molecule has 5 rings (SSSR count). The molecule has 3 aliphatic heterocycles. The quantitative estimate of drug-likeness (QED) is 0.220. The van der Waals surface area contributed by atoms with Crippen LogP contribution in [0.5, 0.6) is 5.75 Å². The highest BCUT2D eigenvalue weighted by Crippen LogP contribution is 2.42. The van der Waals surface area contributed by atoms with Crippen molar-refractivity contribution in [1.29, 1.82) is 0 Å². The van der Waals surface area contributed by atoms with Crippen molar-refractivity contribution in [2.45, 2.75) is 96.7 Å². The number of nitrogens with one attached hydrogen (secondary N) is 2. The van der Waals surface area contributed by atoms with Crippen molar-refractivity contribution >= 4 is 34.2 Å². The van der Waals surface area contributed by atoms with Crippen molar-refractivity contribution < 1.29 is 19.0 Å². The minimum atomic E-state index is -0.799. The van der Waals surface area contributed by atoms with Gasteiger partial charge in [0.25, 0.3) is 0 Å². The predicted molar refractivity (Wildman–Crippen MR) is 172 cm³/mol. The van der Waals surface area contributed by atoms with Crippen molar-refractivity contribution in [3.05, 3.63) is 48.7 Å². The third-order valence-electron chi connectivity index (χ3n) is 8.10. The average molecular weight is 597 g/mol. The zero-order chi connectivity index (χ0) is 30.8. The highest BCUT2D eigenvalue weighted by Gasteiger charge is 2.43. The number of carbonyl (C=O) groups excluding carboxylic acids is 1. The van der Waals surface area contributed by atoms with Crippen LogP contribution in [0.3, 0.4) is 0 Å². The number of esters is 1. The van der Waals surface area contributed by atoms with Crippen LogP contribution in [0, 0.1) is 11.8 Å². The summed E-state index contributed by atoms with van der Waals surface area (Å²) in [5, 5.41) is 8.30. The molecule has 2 bridgehead atoms. The Kier molecular flexibility index (Phi) is 9.85. The van der Waals surface area contributed by atoms with Crippen LogP contribution in [0.4, 0.5) is 0 Å². The Morgan fingerprint density at radius 3 is 2.50 bits per heavy atom. The van der Waals surface area contributed by atoms with Crippen molar-refractivity contribution in [1.82, 2.24) is 20.5 Å². The summed E-state index contributed by atoms with van der Waals surface area (Å²) in [5.41, 5.74) is 0.868. The second-order valence-electron chi connectivity index (χ2n) is 13.6. The molecule has 3 fully saturated rings. The first kappa shape index (κ1) is 32.2. The van der Waals surface area contributed by atoms with E-state index in [1.807, 2.05) is 72.9 Å². The standard InChI is InChI=1S/C33H48N4O4S/c1-10-21-19-37-16-14-22(21)17-27(37)29(24-13-15-34-26-12-11-23(39-9)18-25(24)26)36-31(42)35-28(20(2)40-32(3,4)5)30(38)41-33(6,7)8/h10-13,15,18,20-22,27-29H,1,14,16-17,19H2,2-9H3,(H2,35,36,42)/t20-,21+,22+,27+,28+,29+/m1/s1. The fourth-order valence-electron chi connectivity index (χ4n) is 6.33. The number of nitrogens with zero attached hydrogens (tertiary/aromatic N) is 2. The summed E-state index contributed by atoms with van der Waals surface area (Å²) in [7, 11) is 1.67. The van der Waals surface area contributed by atoms with E-state index in [1.54, 1.807) is 7.11 Å².